The second kappa shape index (κ2) is 13.3. The summed E-state index contributed by atoms with van der Waals surface area (Å²) in [4.78, 5) is 15.9. The molecule has 11 rings (SSSR count). The lowest BCUT2D eigenvalue weighted by atomic mass is 9.96. The highest BCUT2D eigenvalue weighted by molar-refractivity contribution is 7.26. The second-order valence-corrected chi connectivity index (χ2v) is 15.0. The van der Waals surface area contributed by atoms with Crippen molar-refractivity contribution in [2.45, 2.75) is 0 Å². The Morgan fingerprint density at radius 2 is 0.875 bits per heavy atom. The summed E-state index contributed by atoms with van der Waals surface area (Å²) in [5.74, 6) is 1.77. The molecule has 0 N–H and O–H groups in total. The summed E-state index contributed by atoms with van der Waals surface area (Å²) in [6.07, 6.45) is 0. The van der Waals surface area contributed by atoms with Crippen LogP contribution in [0.15, 0.2) is 192 Å². The molecule has 0 aliphatic rings. The first-order valence-corrected chi connectivity index (χ1v) is 19.5. The summed E-state index contributed by atoms with van der Waals surface area (Å²) < 4.78 is 9.06. The Balaban J connectivity index is 1.17. The molecule has 0 unspecified atom stereocenters. The van der Waals surface area contributed by atoms with Gasteiger partial charge in [0.25, 0.3) is 0 Å². The van der Waals surface area contributed by atoms with Crippen LogP contribution in [0.3, 0.4) is 0 Å². The number of thiophene rings is 1. The van der Waals surface area contributed by atoms with Crippen molar-refractivity contribution in [3.63, 3.8) is 0 Å². The van der Waals surface area contributed by atoms with Gasteiger partial charge in [0, 0.05) is 42.1 Å². The molecule has 0 bridgehead atoms. The Hall–Kier alpha value is -7.21. The van der Waals surface area contributed by atoms with Gasteiger partial charge >= 0.3 is 0 Å². The van der Waals surface area contributed by atoms with E-state index in [0.29, 0.717) is 17.5 Å². The fourth-order valence-corrected chi connectivity index (χ4v) is 9.02. The first-order valence-electron chi connectivity index (χ1n) is 18.7. The zero-order chi connectivity index (χ0) is 37.0. The molecule has 0 aliphatic carbocycles. The smallest absolute Gasteiger partial charge is 0.167 e. The number of hydrogen-bond acceptors (Lipinski definition) is 5. The first-order chi connectivity index (χ1) is 27.7. The highest BCUT2D eigenvalue weighted by atomic mass is 32.1. The maximum Gasteiger partial charge on any atom is 0.167 e. The quantitative estimate of drug-likeness (QED) is 0.171. The fourth-order valence-electron chi connectivity index (χ4n) is 7.81. The molecule has 4 nitrogen and oxygen atoms in total. The maximum absolute atomic E-state index is 6.69. The van der Waals surface area contributed by atoms with E-state index in [1.165, 1.54) is 15.5 Å². The minimum atomic E-state index is 0.558. The average molecular weight is 734 g/mol. The van der Waals surface area contributed by atoms with Crippen molar-refractivity contribution in [1.82, 2.24) is 15.0 Å². The zero-order valence-corrected chi connectivity index (χ0v) is 30.9. The molecule has 0 atom stereocenters. The summed E-state index contributed by atoms with van der Waals surface area (Å²) in [6.45, 7) is 0. The molecule has 0 saturated heterocycles. The van der Waals surface area contributed by atoms with Crippen LogP contribution in [-0.4, -0.2) is 15.0 Å². The minimum absolute atomic E-state index is 0.558. The Morgan fingerprint density at radius 3 is 1.57 bits per heavy atom. The van der Waals surface area contributed by atoms with E-state index < -0.39 is 0 Å². The van der Waals surface area contributed by atoms with E-state index in [2.05, 4.69) is 170 Å². The van der Waals surface area contributed by atoms with Crippen LogP contribution in [-0.2, 0) is 0 Å². The lowest BCUT2D eigenvalue weighted by Crippen LogP contribution is -2.01. The van der Waals surface area contributed by atoms with Crippen LogP contribution in [0, 0.1) is 0 Å². The monoisotopic (exact) mass is 733 g/mol. The Bertz CT molecular complexity index is 3180. The van der Waals surface area contributed by atoms with Crippen LogP contribution in [0.5, 0.6) is 0 Å². The third-order valence-electron chi connectivity index (χ3n) is 10.5. The Kier molecular flexibility index (Phi) is 7.64. The number of furan rings is 1. The molecule has 0 amide bonds. The predicted octanol–water partition coefficient (Wildman–Crippen LogP) is 14.1. The van der Waals surface area contributed by atoms with Gasteiger partial charge in [0.15, 0.2) is 17.5 Å². The van der Waals surface area contributed by atoms with Gasteiger partial charge in [0.2, 0.25) is 0 Å². The average Bonchev–Trinajstić information content (AvgIpc) is 3.85. The standard InChI is InChI=1S/C51H31N3OS/c1-4-14-32(15-5-1)35-26-27-45-44(31-35)40-21-12-23-42(47(40)55-45)50-52-49(53-51(54-50)43-24-13-22-41-39-20-10-11-25-46(39)56-48(41)43)38-29-36(33-16-6-2-7-17-33)28-37(30-38)34-18-8-3-9-19-34/h1-31H. The molecule has 0 radical (unpaired) electrons. The molecule has 0 saturated carbocycles. The van der Waals surface area contributed by atoms with Gasteiger partial charge in [-0.2, -0.15) is 0 Å². The van der Waals surface area contributed by atoms with Gasteiger partial charge in [-0.25, -0.2) is 15.0 Å². The number of nitrogens with zero attached hydrogens (tertiary/aromatic N) is 3. The van der Waals surface area contributed by atoms with Crippen molar-refractivity contribution < 1.29 is 4.42 Å². The molecule has 11 aromatic rings. The van der Waals surface area contributed by atoms with Gasteiger partial charge in [-0.1, -0.05) is 140 Å². The maximum atomic E-state index is 6.69. The summed E-state index contributed by atoms with van der Waals surface area (Å²) in [7, 11) is 0. The molecule has 0 aliphatic heterocycles. The number of rotatable bonds is 6. The van der Waals surface area contributed by atoms with E-state index in [1.54, 1.807) is 11.3 Å². The zero-order valence-electron chi connectivity index (χ0n) is 30.1. The molecule has 0 fully saturated rings. The van der Waals surface area contributed by atoms with Gasteiger partial charge in [0.05, 0.1) is 5.56 Å². The van der Waals surface area contributed by atoms with Gasteiger partial charge in [-0.3, -0.25) is 0 Å². The molecular weight excluding hydrogens is 703 g/mol. The van der Waals surface area contributed by atoms with Crippen LogP contribution >= 0.6 is 11.3 Å². The molecule has 262 valence electrons. The van der Waals surface area contributed by atoms with E-state index in [9.17, 15) is 0 Å². The van der Waals surface area contributed by atoms with E-state index in [-0.39, 0.29) is 0 Å². The lowest BCUT2D eigenvalue weighted by molar-refractivity contribution is 0.669. The van der Waals surface area contributed by atoms with Gasteiger partial charge < -0.3 is 4.42 Å². The van der Waals surface area contributed by atoms with Crippen molar-refractivity contribution in [1.29, 1.82) is 0 Å². The first kappa shape index (κ1) is 32.2. The van der Waals surface area contributed by atoms with E-state index in [4.69, 9.17) is 19.4 Å². The molecular formula is C51H31N3OS. The third kappa shape index (κ3) is 5.56. The van der Waals surface area contributed by atoms with Crippen LogP contribution in [0.25, 0.3) is 110 Å². The summed E-state index contributed by atoms with van der Waals surface area (Å²) in [5.41, 5.74) is 11.0. The number of para-hydroxylation sites is 1. The van der Waals surface area contributed by atoms with E-state index in [1.807, 2.05) is 18.2 Å². The van der Waals surface area contributed by atoms with Crippen LogP contribution in [0.4, 0.5) is 0 Å². The largest absolute Gasteiger partial charge is 0.455 e. The normalized spacial score (nSPS) is 11.6. The van der Waals surface area contributed by atoms with Crippen LogP contribution in [0.2, 0.25) is 0 Å². The molecule has 5 heteroatoms. The number of fused-ring (bicyclic) bond motifs is 6. The Labute approximate surface area is 327 Å². The summed E-state index contributed by atoms with van der Waals surface area (Å²) in [5, 5.41) is 4.49. The van der Waals surface area contributed by atoms with E-state index >= 15 is 0 Å². The highest BCUT2D eigenvalue weighted by Gasteiger charge is 2.21. The lowest BCUT2D eigenvalue weighted by Gasteiger charge is -2.13. The van der Waals surface area contributed by atoms with Crippen molar-refractivity contribution in [2.75, 3.05) is 0 Å². The molecule has 56 heavy (non-hydrogen) atoms. The SMILES string of the molecule is c1ccc(-c2cc(-c3ccccc3)cc(-c3nc(-c4cccc5c4oc4ccc(-c6ccccc6)cc45)nc(-c4cccc5c4sc4ccccc45)n3)c2)cc1. The molecule has 3 heterocycles. The molecule has 3 aromatic heterocycles. The van der Waals surface area contributed by atoms with Crippen molar-refractivity contribution >= 4 is 53.4 Å². The van der Waals surface area contributed by atoms with Gasteiger partial charge in [-0.05, 0) is 81.9 Å². The van der Waals surface area contributed by atoms with Crippen molar-refractivity contribution in [3.05, 3.63) is 188 Å². The van der Waals surface area contributed by atoms with Crippen LogP contribution in [0.1, 0.15) is 0 Å². The summed E-state index contributed by atoms with van der Waals surface area (Å²) in [6, 6.07) is 65.7. The predicted molar refractivity (Wildman–Crippen MR) is 233 cm³/mol. The van der Waals surface area contributed by atoms with E-state index in [0.717, 1.165) is 76.7 Å². The third-order valence-corrected chi connectivity index (χ3v) is 11.8. The molecule has 8 aromatic carbocycles. The van der Waals surface area contributed by atoms with Crippen LogP contribution < -0.4 is 0 Å². The van der Waals surface area contributed by atoms with Crippen molar-refractivity contribution in [3.8, 4) is 67.5 Å². The topological polar surface area (TPSA) is 51.8 Å². The Morgan fingerprint density at radius 1 is 0.339 bits per heavy atom. The van der Waals surface area contributed by atoms with Gasteiger partial charge in [0.1, 0.15) is 11.2 Å². The highest BCUT2D eigenvalue weighted by Crippen LogP contribution is 2.42. The second-order valence-electron chi connectivity index (χ2n) is 14.0. The van der Waals surface area contributed by atoms with Crippen molar-refractivity contribution in [2.24, 2.45) is 0 Å². The number of aromatic nitrogens is 3. The number of benzene rings is 8. The number of hydrogen-bond donors (Lipinski definition) is 0. The minimum Gasteiger partial charge on any atom is -0.455 e. The van der Waals surface area contributed by atoms with Gasteiger partial charge in [-0.15, -0.1) is 11.3 Å². The summed E-state index contributed by atoms with van der Waals surface area (Å²) >= 11 is 1.77. The molecule has 0 spiro atoms. The fraction of sp³-hybridized carbons (Fsp3) is 0.